The summed E-state index contributed by atoms with van der Waals surface area (Å²) >= 11 is 0. The number of nitrogens with zero attached hydrogens (tertiary/aromatic N) is 1. The van der Waals surface area contributed by atoms with Crippen LogP contribution in [-0.2, 0) is 11.2 Å². The zero-order valence-electron chi connectivity index (χ0n) is 10.3. The monoisotopic (exact) mass is 241 g/mol. The molecule has 1 aromatic heterocycles. The minimum Gasteiger partial charge on any atom is -0.481 e. The summed E-state index contributed by atoms with van der Waals surface area (Å²) in [7, 11) is 0. The van der Waals surface area contributed by atoms with Crippen molar-refractivity contribution in [3.05, 3.63) is 53.9 Å². The van der Waals surface area contributed by atoms with Crippen molar-refractivity contribution in [1.82, 2.24) is 4.98 Å². The van der Waals surface area contributed by atoms with Crippen LogP contribution in [0.4, 0.5) is 0 Å². The predicted octanol–water partition coefficient (Wildman–Crippen LogP) is 3.07. The van der Waals surface area contributed by atoms with E-state index in [1.807, 2.05) is 43.3 Å². The number of carbonyl (C=O) groups is 1. The van der Waals surface area contributed by atoms with Gasteiger partial charge in [-0.15, -0.1) is 0 Å². The average Bonchev–Trinajstić information content (AvgIpc) is 2.37. The van der Waals surface area contributed by atoms with Crippen LogP contribution in [0.25, 0.3) is 11.1 Å². The summed E-state index contributed by atoms with van der Waals surface area (Å²) in [5, 5.41) is 8.76. The van der Waals surface area contributed by atoms with E-state index in [-0.39, 0.29) is 6.42 Å². The highest BCUT2D eigenvalue weighted by atomic mass is 16.4. The van der Waals surface area contributed by atoms with Crippen molar-refractivity contribution in [1.29, 1.82) is 0 Å². The Labute approximate surface area is 106 Å². The molecule has 0 unspecified atom stereocenters. The fraction of sp³-hybridized carbons (Fsp3) is 0.200. The maximum atomic E-state index is 10.7. The zero-order chi connectivity index (χ0) is 13.0. The summed E-state index contributed by atoms with van der Waals surface area (Å²) in [6, 6.07) is 11.9. The molecule has 18 heavy (non-hydrogen) atoms. The Hall–Kier alpha value is -2.16. The molecule has 2 aromatic rings. The number of aromatic nitrogens is 1. The van der Waals surface area contributed by atoms with E-state index in [1.165, 1.54) is 5.56 Å². The van der Waals surface area contributed by atoms with Crippen LogP contribution < -0.4 is 0 Å². The third kappa shape index (κ3) is 2.74. The van der Waals surface area contributed by atoms with Gasteiger partial charge in [0.25, 0.3) is 0 Å². The Morgan fingerprint density at radius 1 is 1.17 bits per heavy atom. The fourth-order valence-corrected chi connectivity index (χ4v) is 1.98. The summed E-state index contributed by atoms with van der Waals surface area (Å²) in [5.74, 6) is -0.795. The third-order valence-electron chi connectivity index (χ3n) is 2.90. The lowest BCUT2D eigenvalue weighted by Crippen LogP contribution is -2.01. The SMILES string of the molecule is Cc1ccccc1-c1cccnc1CCC(=O)O. The molecule has 0 aliphatic heterocycles. The molecule has 0 aliphatic carbocycles. The van der Waals surface area contributed by atoms with Crippen LogP contribution in [0, 0.1) is 6.92 Å². The van der Waals surface area contributed by atoms with Crippen molar-refractivity contribution < 1.29 is 9.90 Å². The van der Waals surface area contributed by atoms with Gasteiger partial charge in [-0.3, -0.25) is 9.78 Å². The lowest BCUT2D eigenvalue weighted by atomic mass is 9.97. The molecular weight excluding hydrogens is 226 g/mol. The number of carboxylic acids is 1. The molecule has 1 N–H and O–H groups in total. The standard InChI is InChI=1S/C15H15NO2/c1-11-5-2-3-6-12(11)13-7-4-10-16-14(13)8-9-15(17)18/h2-7,10H,8-9H2,1H3,(H,17,18). The van der Waals surface area contributed by atoms with Crippen LogP contribution in [0.2, 0.25) is 0 Å². The van der Waals surface area contributed by atoms with Crippen molar-refractivity contribution in [2.24, 2.45) is 0 Å². The van der Waals surface area contributed by atoms with Crippen molar-refractivity contribution in [2.45, 2.75) is 19.8 Å². The highest BCUT2D eigenvalue weighted by molar-refractivity contribution is 5.71. The van der Waals surface area contributed by atoms with Gasteiger partial charge < -0.3 is 5.11 Å². The number of pyridine rings is 1. The number of hydrogen-bond donors (Lipinski definition) is 1. The van der Waals surface area contributed by atoms with Gasteiger partial charge in [-0.25, -0.2) is 0 Å². The minimum absolute atomic E-state index is 0.107. The fourth-order valence-electron chi connectivity index (χ4n) is 1.98. The van der Waals surface area contributed by atoms with Gasteiger partial charge in [-0.1, -0.05) is 30.3 Å². The Kier molecular flexibility index (Phi) is 3.72. The van der Waals surface area contributed by atoms with Gasteiger partial charge in [-0.2, -0.15) is 0 Å². The van der Waals surface area contributed by atoms with Crippen LogP contribution in [-0.4, -0.2) is 16.1 Å². The second kappa shape index (κ2) is 5.45. The van der Waals surface area contributed by atoms with E-state index in [0.29, 0.717) is 6.42 Å². The summed E-state index contributed by atoms with van der Waals surface area (Å²) in [5.41, 5.74) is 4.15. The Morgan fingerprint density at radius 2 is 1.89 bits per heavy atom. The van der Waals surface area contributed by atoms with Gasteiger partial charge >= 0.3 is 5.97 Å². The number of carboxylic acid groups (broad SMARTS) is 1. The first-order valence-corrected chi connectivity index (χ1v) is 5.90. The molecule has 0 saturated carbocycles. The maximum absolute atomic E-state index is 10.7. The van der Waals surface area contributed by atoms with Crippen LogP contribution in [0.5, 0.6) is 0 Å². The van der Waals surface area contributed by atoms with Crippen molar-refractivity contribution in [3.63, 3.8) is 0 Å². The van der Waals surface area contributed by atoms with Crippen LogP contribution >= 0.6 is 0 Å². The highest BCUT2D eigenvalue weighted by Crippen LogP contribution is 2.26. The molecule has 0 saturated heterocycles. The molecule has 0 fully saturated rings. The summed E-state index contributed by atoms with van der Waals surface area (Å²) in [4.78, 5) is 15.0. The van der Waals surface area contributed by atoms with E-state index in [4.69, 9.17) is 5.11 Å². The van der Waals surface area contributed by atoms with Crippen LogP contribution in [0.15, 0.2) is 42.6 Å². The number of aryl methyl sites for hydroxylation is 2. The third-order valence-corrected chi connectivity index (χ3v) is 2.90. The second-order valence-electron chi connectivity index (χ2n) is 4.21. The molecular formula is C15H15NO2. The summed E-state index contributed by atoms with van der Waals surface area (Å²) < 4.78 is 0. The van der Waals surface area contributed by atoms with E-state index in [1.54, 1.807) is 6.20 Å². The predicted molar refractivity (Wildman–Crippen MR) is 70.4 cm³/mol. The Bertz CT molecular complexity index is 564. The van der Waals surface area contributed by atoms with Crippen molar-refractivity contribution in [3.8, 4) is 11.1 Å². The van der Waals surface area contributed by atoms with Crippen LogP contribution in [0.1, 0.15) is 17.7 Å². The molecule has 0 bridgehead atoms. The minimum atomic E-state index is -0.795. The topological polar surface area (TPSA) is 50.2 Å². The summed E-state index contributed by atoms with van der Waals surface area (Å²) in [6.07, 6.45) is 2.27. The Balaban J connectivity index is 2.39. The van der Waals surface area contributed by atoms with Gasteiger partial charge in [0.05, 0.1) is 6.42 Å². The summed E-state index contributed by atoms with van der Waals surface area (Å²) in [6.45, 7) is 2.04. The first-order valence-electron chi connectivity index (χ1n) is 5.90. The number of rotatable bonds is 4. The van der Waals surface area contributed by atoms with Gasteiger partial charge in [-0.05, 0) is 24.1 Å². The van der Waals surface area contributed by atoms with Crippen molar-refractivity contribution in [2.75, 3.05) is 0 Å². The smallest absolute Gasteiger partial charge is 0.303 e. The number of benzene rings is 1. The van der Waals surface area contributed by atoms with Gasteiger partial charge in [0.15, 0.2) is 0 Å². The molecule has 1 aromatic carbocycles. The molecule has 0 radical (unpaired) electrons. The second-order valence-corrected chi connectivity index (χ2v) is 4.21. The molecule has 1 heterocycles. The molecule has 3 nitrogen and oxygen atoms in total. The van der Waals surface area contributed by atoms with Gasteiger partial charge in [0.1, 0.15) is 0 Å². The van der Waals surface area contributed by atoms with Crippen LogP contribution in [0.3, 0.4) is 0 Å². The lowest BCUT2D eigenvalue weighted by Gasteiger charge is -2.10. The zero-order valence-corrected chi connectivity index (χ0v) is 10.3. The van der Waals surface area contributed by atoms with Gasteiger partial charge in [0.2, 0.25) is 0 Å². The Morgan fingerprint density at radius 3 is 2.61 bits per heavy atom. The average molecular weight is 241 g/mol. The molecule has 0 aliphatic rings. The first-order chi connectivity index (χ1) is 8.68. The molecule has 0 spiro atoms. The quantitative estimate of drug-likeness (QED) is 0.894. The molecule has 92 valence electrons. The maximum Gasteiger partial charge on any atom is 0.303 e. The lowest BCUT2D eigenvalue weighted by molar-refractivity contribution is -0.136. The van der Waals surface area contributed by atoms with E-state index in [9.17, 15) is 4.79 Å². The molecule has 2 rings (SSSR count). The largest absolute Gasteiger partial charge is 0.481 e. The molecule has 3 heteroatoms. The van der Waals surface area contributed by atoms with Crippen molar-refractivity contribution >= 4 is 5.97 Å². The molecule has 0 amide bonds. The highest BCUT2D eigenvalue weighted by Gasteiger charge is 2.09. The van der Waals surface area contributed by atoms with Gasteiger partial charge in [0, 0.05) is 23.9 Å². The van der Waals surface area contributed by atoms with E-state index in [2.05, 4.69) is 4.98 Å². The van der Waals surface area contributed by atoms with E-state index in [0.717, 1.165) is 16.8 Å². The normalized spacial score (nSPS) is 10.3. The van der Waals surface area contributed by atoms with E-state index < -0.39 is 5.97 Å². The first kappa shape index (κ1) is 12.3. The van der Waals surface area contributed by atoms with E-state index >= 15 is 0 Å². The number of hydrogen-bond acceptors (Lipinski definition) is 2. The number of aliphatic carboxylic acids is 1. The molecule has 0 atom stereocenters.